The molecule has 10 heteroatoms. The molecule has 2 aromatic carbocycles. The van der Waals surface area contributed by atoms with E-state index in [4.69, 9.17) is 0 Å². The molecule has 0 saturated heterocycles. The molecule has 0 aliphatic heterocycles. The topological polar surface area (TPSA) is 70.6 Å². The number of hydrogen-bond acceptors (Lipinski definition) is 6. The first-order chi connectivity index (χ1) is 15.2. The molecule has 1 amide bonds. The van der Waals surface area contributed by atoms with Crippen molar-refractivity contribution in [3.63, 3.8) is 0 Å². The lowest BCUT2D eigenvalue weighted by molar-refractivity contribution is -0.118. The van der Waals surface area contributed by atoms with Gasteiger partial charge in [0.2, 0.25) is 5.91 Å². The number of carbonyl (C=O) groups is 1. The van der Waals surface area contributed by atoms with Crippen LogP contribution in [0.1, 0.15) is 25.8 Å². The van der Waals surface area contributed by atoms with E-state index in [9.17, 15) is 13.2 Å². The van der Waals surface area contributed by atoms with Crippen LogP contribution in [0.25, 0.3) is 10.2 Å². The highest BCUT2D eigenvalue weighted by molar-refractivity contribution is 9.10. The fourth-order valence-electron chi connectivity index (χ4n) is 3.33. The second-order valence-corrected chi connectivity index (χ2v) is 11.6. The number of carbonyl (C=O) groups excluding carboxylic acids is 1. The van der Waals surface area contributed by atoms with Crippen LogP contribution in [0.4, 0.5) is 5.13 Å². The van der Waals surface area contributed by atoms with Gasteiger partial charge in [-0.05, 0) is 50.3 Å². The third kappa shape index (κ3) is 7.23. The van der Waals surface area contributed by atoms with Crippen molar-refractivity contribution in [3.05, 3.63) is 52.5 Å². The minimum Gasteiger partial charge on any atom is -0.302 e. The Morgan fingerprint density at radius 2 is 1.73 bits per heavy atom. The molecule has 0 aliphatic rings. The van der Waals surface area contributed by atoms with Crippen molar-refractivity contribution in [1.29, 1.82) is 0 Å². The number of hydrogen-bond donors (Lipinski definition) is 0. The Labute approximate surface area is 214 Å². The maximum absolute atomic E-state index is 13.2. The molecule has 3 rings (SSSR count). The maximum atomic E-state index is 13.2. The summed E-state index contributed by atoms with van der Waals surface area (Å²) in [4.78, 5) is 22.0. The highest BCUT2D eigenvalue weighted by Crippen LogP contribution is 2.31. The fraction of sp³-hybridized carbons (Fsp3) is 0.391. The van der Waals surface area contributed by atoms with Crippen LogP contribution >= 0.6 is 39.7 Å². The van der Waals surface area contributed by atoms with Crippen molar-refractivity contribution in [2.75, 3.05) is 36.8 Å². The number of sulfone groups is 1. The van der Waals surface area contributed by atoms with Crippen LogP contribution in [-0.2, 0) is 14.6 Å². The minimum absolute atomic E-state index is 0. The number of benzene rings is 2. The Morgan fingerprint density at radius 1 is 1.06 bits per heavy atom. The van der Waals surface area contributed by atoms with E-state index in [1.54, 1.807) is 29.2 Å². The standard InChI is InChI=1S/C23H28BrN3O3S2.ClH/c1-4-26(5-2)13-14-27(23-25-20-11-8-18(24)16-21(20)31-23)22(28)12-15-32(29,30)19-9-6-17(3)7-10-19;/h6-11,16H,4-5,12-15H2,1-3H3;1H. The first-order valence-electron chi connectivity index (χ1n) is 10.6. The third-order valence-electron chi connectivity index (χ3n) is 5.37. The molecule has 0 radical (unpaired) electrons. The van der Waals surface area contributed by atoms with Crippen LogP contribution in [0.3, 0.4) is 0 Å². The molecular weight excluding hydrogens is 546 g/mol. The molecule has 3 aromatic rings. The molecule has 0 saturated carbocycles. The lowest BCUT2D eigenvalue weighted by Crippen LogP contribution is -2.39. The van der Waals surface area contributed by atoms with E-state index >= 15 is 0 Å². The molecule has 1 heterocycles. The first-order valence-corrected chi connectivity index (χ1v) is 13.9. The molecular formula is C23H29BrClN3O3S2. The van der Waals surface area contributed by atoms with Gasteiger partial charge in [-0.2, -0.15) is 0 Å². The Balaban J connectivity index is 0.00000385. The first kappa shape index (κ1) is 27.7. The van der Waals surface area contributed by atoms with Crippen molar-refractivity contribution in [3.8, 4) is 0 Å². The number of likely N-dealkylation sites (N-methyl/N-ethyl adjacent to an activating group) is 1. The van der Waals surface area contributed by atoms with Gasteiger partial charge in [-0.3, -0.25) is 9.69 Å². The number of amides is 1. The summed E-state index contributed by atoms with van der Waals surface area (Å²) in [6.07, 6.45) is -0.0892. The summed E-state index contributed by atoms with van der Waals surface area (Å²) in [5.41, 5.74) is 1.81. The summed E-state index contributed by atoms with van der Waals surface area (Å²) < 4.78 is 27.4. The van der Waals surface area contributed by atoms with Gasteiger partial charge in [0.05, 0.1) is 20.9 Å². The Bertz CT molecular complexity index is 1180. The Hall–Kier alpha value is -1.52. The zero-order chi connectivity index (χ0) is 23.3. The normalized spacial score (nSPS) is 11.5. The lowest BCUT2D eigenvalue weighted by Gasteiger charge is -2.24. The fourth-order valence-corrected chi connectivity index (χ4v) is 6.12. The van der Waals surface area contributed by atoms with Crippen LogP contribution in [0.15, 0.2) is 51.8 Å². The lowest BCUT2D eigenvalue weighted by atomic mass is 10.2. The number of aromatic nitrogens is 1. The van der Waals surface area contributed by atoms with Gasteiger partial charge >= 0.3 is 0 Å². The van der Waals surface area contributed by atoms with Gasteiger partial charge in [0.25, 0.3) is 0 Å². The van der Waals surface area contributed by atoms with Gasteiger partial charge in [-0.1, -0.05) is 58.8 Å². The van der Waals surface area contributed by atoms with Crippen LogP contribution in [-0.4, -0.2) is 56.1 Å². The van der Waals surface area contributed by atoms with Gasteiger partial charge < -0.3 is 4.90 Å². The molecule has 0 aliphatic carbocycles. The quantitative estimate of drug-likeness (QED) is 0.327. The van der Waals surface area contributed by atoms with E-state index in [1.807, 2.05) is 25.1 Å². The number of nitrogens with zero attached hydrogens (tertiary/aromatic N) is 3. The van der Waals surface area contributed by atoms with Gasteiger partial charge in [-0.25, -0.2) is 13.4 Å². The summed E-state index contributed by atoms with van der Waals surface area (Å²) in [7, 11) is -3.54. The van der Waals surface area contributed by atoms with Crippen molar-refractivity contribution in [2.24, 2.45) is 0 Å². The van der Waals surface area contributed by atoms with E-state index in [1.165, 1.54) is 11.3 Å². The zero-order valence-electron chi connectivity index (χ0n) is 19.0. The van der Waals surface area contributed by atoms with Gasteiger partial charge in [-0.15, -0.1) is 12.4 Å². The van der Waals surface area contributed by atoms with Gasteiger partial charge in [0.15, 0.2) is 15.0 Å². The predicted octanol–water partition coefficient (Wildman–Crippen LogP) is 5.33. The smallest absolute Gasteiger partial charge is 0.229 e. The predicted molar refractivity (Wildman–Crippen MR) is 143 cm³/mol. The molecule has 1 aromatic heterocycles. The maximum Gasteiger partial charge on any atom is 0.229 e. The second-order valence-electron chi connectivity index (χ2n) is 7.56. The summed E-state index contributed by atoms with van der Waals surface area (Å²) in [6.45, 7) is 9.00. The summed E-state index contributed by atoms with van der Waals surface area (Å²) >= 11 is 4.92. The second kappa shape index (κ2) is 12.3. The van der Waals surface area contributed by atoms with Crippen LogP contribution < -0.4 is 4.90 Å². The van der Waals surface area contributed by atoms with Crippen LogP contribution in [0.2, 0.25) is 0 Å². The van der Waals surface area contributed by atoms with Crippen molar-refractivity contribution < 1.29 is 13.2 Å². The summed E-state index contributed by atoms with van der Waals surface area (Å²) in [5, 5.41) is 0.600. The minimum atomic E-state index is -3.54. The average Bonchev–Trinajstić information content (AvgIpc) is 3.18. The molecule has 0 atom stereocenters. The van der Waals surface area contributed by atoms with Crippen LogP contribution in [0, 0.1) is 6.92 Å². The number of aryl methyl sites for hydroxylation is 1. The van der Waals surface area contributed by atoms with Crippen molar-refractivity contribution >= 4 is 70.8 Å². The van der Waals surface area contributed by atoms with Crippen LogP contribution in [0.5, 0.6) is 0 Å². The molecule has 0 N–H and O–H groups in total. The Kier molecular flexibility index (Phi) is 10.3. The van der Waals surface area contributed by atoms with E-state index < -0.39 is 9.84 Å². The van der Waals surface area contributed by atoms with Gasteiger partial charge in [0, 0.05) is 24.0 Å². The molecule has 180 valence electrons. The average molecular weight is 575 g/mol. The Morgan fingerprint density at radius 3 is 2.36 bits per heavy atom. The van der Waals surface area contributed by atoms with Gasteiger partial charge in [0.1, 0.15) is 0 Å². The summed E-state index contributed by atoms with van der Waals surface area (Å²) in [6, 6.07) is 12.5. The number of thiazole rings is 1. The molecule has 0 bridgehead atoms. The number of fused-ring (bicyclic) bond motifs is 1. The van der Waals surface area contributed by atoms with Crippen molar-refractivity contribution in [2.45, 2.75) is 32.1 Å². The monoisotopic (exact) mass is 573 g/mol. The number of halogens is 2. The largest absolute Gasteiger partial charge is 0.302 e. The third-order valence-corrected chi connectivity index (χ3v) is 8.64. The molecule has 0 fully saturated rings. The SMILES string of the molecule is CCN(CC)CCN(C(=O)CCS(=O)(=O)c1ccc(C)cc1)c1nc2ccc(Br)cc2s1.Cl. The van der Waals surface area contributed by atoms with E-state index in [2.05, 4.69) is 39.7 Å². The molecule has 33 heavy (non-hydrogen) atoms. The number of rotatable bonds is 10. The van der Waals surface area contributed by atoms with Crippen molar-refractivity contribution in [1.82, 2.24) is 9.88 Å². The molecule has 0 spiro atoms. The highest BCUT2D eigenvalue weighted by Gasteiger charge is 2.23. The highest BCUT2D eigenvalue weighted by atomic mass is 79.9. The molecule has 0 unspecified atom stereocenters. The summed E-state index contributed by atoms with van der Waals surface area (Å²) in [5.74, 6) is -0.460. The molecule has 6 nitrogen and oxygen atoms in total. The van der Waals surface area contributed by atoms with E-state index in [-0.39, 0.29) is 35.4 Å². The zero-order valence-corrected chi connectivity index (χ0v) is 23.0. The van der Waals surface area contributed by atoms with E-state index in [0.29, 0.717) is 18.2 Å². The number of anilines is 1. The van der Waals surface area contributed by atoms with E-state index in [0.717, 1.165) is 33.3 Å².